The zero-order chi connectivity index (χ0) is 16.8. The molecule has 0 saturated carbocycles. The van der Waals surface area contributed by atoms with Crippen LogP contribution in [-0.2, 0) is 14.3 Å². The van der Waals surface area contributed by atoms with E-state index in [0.717, 1.165) is 19.3 Å². The number of rotatable bonds is 14. The van der Waals surface area contributed by atoms with E-state index in [4.69, 9.17) is 0 Å². The summed E-state index contributed by atoms with van der Waals surface area (Å²) >= 11 is 0. The second-order valence-electron chi connectivity index (χ2n) is 6.69. The van der Waals surface area contributed by atoms with Gasteiger partial charge in [-0.15, -0.1) is 0 Å². The Morgan fingerprint density at radius 2 is 1.43 bits per heavy atom. The predicted octanol–water partition coefficient (Wildman–Crippen LogP) is 5.72. The molecule has 1 rings (SSSR count). The molecule has 0 spiro atoms. The maximum absolute atomic E-state index is 11.3. The monoisotopic (exact) mass is 322 g/mol. The topological polar surface area (TPSA) is 43.4 Å². The molecule has 0 aliphatic carbocycles. The summed E-state index contributed by atoms with van der Waals surface area (Å²) in [5, 5.41) is 0. The van der Waals surface area contributed by atoms with Crippen LogP contribution in [0, 0.1) is 5.92 Å². The number of ether oxygens (including phenoxy) is 1. The molecule has 1 aliphatic heterocycles. The van der Waals surface area contributed by atoms with E-state index in [1.54, 1.807) is 0 Å². The summed E-state index contributed by atoms with van der Waals surface area (Å²) in [6, 6.07) is 0. The Labute approximate surface area is 141 Å². The Balaban J connectivity index is 1.77. The predicted molar refractivity (Wildman–Crippen MR) is 94.0 cm³/mol. The quantitative estimate of drug-likeness (QED) is 0.178. The van der Waals surface area contributed by atoms with Crippen molar-refractivity contribution >= 4 is 11.9 Å². The largest absolute Gasteiger partial charge is 0.393 e. The summed E-state index contributed by atoms with van der Waals surface area (Å²) in [5.74, 6) is -0.809. The molecule has 0 aromatic rings. The van der Waals surface area contributed by atoms with Crippen molar-refractivity contribution in [1.29, 1.82) is 0 Å². The molecule has 0 bridgehead atoms. The number of cyclic esters (lactones) is 2. The van der Waals surface area contributed by atoms with Gasteiger partial charge in [0.05, 0.1) is 12.3 Å². The maximum atomic E-state index is 11.3. The molecule has 3 nitrogen and oxygen atoms in total. The van der Waals surface area contributed by atoms with Gasteiger partial charge in [-0.25, -0.2) is 0 Å². The minimum Gasteiger partial charge on any atom is -0.393 e. The van der Waals surface area contributed by atoms with E-state index in [1.165, 1.54) is 64.2 Å². The fourth-order valence-electron chi connectivity index (χ4n) is 3.09. The number of unbranched alkanes of at least 4 members (excludes halogenated alkanes) is 10. The highest BCUT2D eigenvalue weighted by molar-refractivity contribution is 5.94. The number of hydrogen-bond acceptors (Lipinski definition) is 3. The van der Waals surface area contributed by atoms with Crippen LogP contribution in [0.1, 0.15) is 96.8 Å². The van der Waals surface area contributed by atoms with Crippen LogP contribution in [0.4, 0.5) is 0 Å². The Hall–Kier alpha value is -1.12. The van der Waals surface area contributed by atoms with Gasteiger partial charge in [0.15, 0.2) is 0 Å². The molecule has 0 aromatic heterocycles. The SMILES string of the molecule is CCC=CCCCCCCCCCCCCC1CC(=O)OC1=O. The Morgan fingerprint density at radius 1 is 0.870 bits per heavy atom. The lowest BCUT2D eigenvalue weighted by Gasteiger charge is -2.04. The number of hydrogen-bond donors (Lipinski definition) is 0. The molecular formula is C20H34O3. The highest BCUT2D eigenvalue weighted by Crippen LogP contribution is 2.22. The summed E-state index contributed by atoms with van der Waals surface area (Å²) in [6.45, 7) is 2.18. The van der Waals surface area contributed by atoms with Crippen LogP contribution in [0.2, 0.25) is 0 Å². The van der Waals surface area contributed by atoms with Gasteiger partial charge in [0.2, 0.25) is 0 Å². The summed E-state index contributed by atoms with van der Waals surface area (Å²) in [6.07, 6.45) is 21.0. The second-order valence-corrected chi connectivity index (χ2v) is 6.69. The van der Waals surface area contributed by atoms with E-state index >= 15 is 0 Å². The van der Waals surface area contributed by atoms with Gasteiger partial charge < -0.3 is 4.74 Å². The van der Waals surface area contributed by atoms with Crippen LogP contribution in [0.3, 0.4) is 0 Å². The Morgan fingerprint density at radius 3 is 1.96 bits per heavy atom. The number of allylic oxidation sites excluding steroid dienone is 2. The average Bonchev–Trinajstić information content (AvgIpc) is 2.85. The highest BCUT2D eigenvalue weighted by atomic mass is 16.6. The summed E-state index contributed by atoms with van der Waals surface area (Å²) in [7, 11) is 0. The molecule has 1 saturated heterocycles. The molecule has 1 fully saturated rings. The smallest absolute Gasteiger partial charge is 0.317 e. The molecule has 3 heteroatoms. The lowest BCUT2D eigenvalue weighted by atomic mass is 9.98. The fourth-order valence-corrected chi connectivity index (χ4v) is 3.09. The van der Waals surface area contributed by atoms with Gasteiger partial charge in [0.25, 0.3) is 0 Å². The van der Waals surface area contributed by atoms with Crippen molar-refractivity contribution < 1.29 is 14.3 Å². The van der Waals surface area contributed by atoms with Crippen molar-refractivity contribution in [3.63, 3.8) is 0 Å². The molecule has 132 valence electrons. The Kier molecular flexibility index (Phi) is 11.5. The van der Waals surface area contributed by atoms with Crippen molar-refractivity contribution in [2.24, 2.45) is 5.92 Å². The van der Waals surface area contributed by atoms with Crippen molar-refractivity contribution in [1.82, 2.24) is 0 Å². The van der Waals surface area contributed by atoms with E-state index in [2.05, 4.69) is 23.8 Å². The molecule has 0 aromatic carbocycles. The first-order chi connectivity index (χ1) is 11.2. The average molecular weight is 322 g/mol. The normalized spacial score (nSPS) is 18.0. The van der Waals surface area contributed by atoms with Crippen molar-refractivity contribution in [3.05, 3.63) is 12.2 Å². The van der Waals surface area contributed by atoms with Crippen LogP contribution >= 0.6 is 0 Å². The van der Waals surface area contributed by atoms with Gasteiger partial charge in [-0.3, -0.25) is 9.59 Å². The van der Waals surface area contributed by atoms with Gasteiger partial charge >= 0.3 is 11.9 Å². The Bertz CT molecular complexity index is 360. The van der Waals surface area contributed by atoms with E-state index in [1.807, 2.05) is 0 Å². The molecule has 1 unspecified atom stereocenters. The molecule has 1 aliphatic rings. The van der Waals surface area contributed by atoms with E-state index in [9.17, 15) is 9.59 Å². The van der Waals surface area contributed by atoms with Gasteiger partial charge in [-0.1, -0.05) is 76.9 Å². The van der Waals surface area contributed by atoms with Gasteiger partial charge in [0.1, 0.15) is 0 Å². The lowest BCUT2D eigenvalue weighted by Crippen LogP contribution is -2.06. The molecule has 0 radical (unpaired) electrons. The maximum Gasteiger partial charge on any atom is 0.317 e. The summed E-state index contributed by atoms with van der Waals surface area (Å²) < 4.78 is 4.56. The second kappa shape index (κ2) is 13.3. The van der Waals surface area contributed by atoms with E-state index < -0.39 is 0 Å². The first-order valence-corrected chi connectivity index (χ1v) is 9.63. The van der Waals surface area contributed by atoms with Crippen LogP contribution in [0.5, 0.6) is 0 Å². The standard InChI is InChI=1S/C20H34O3/c1-2-3-4-5-6-7-8-9-10-11-12-13-14-15-16-18-17-19(21)23-20(18)22/h3-4,18H,2,5-17H2,1H3. The van der Waals surface area contributed by atoms with Crippen molar-refractivity contribution in [2.75, 3.05) is 0 Å². The van der Waals surface area contributed by atoms with Crippen LogP contribution in [-0.4, -0.2) is 11.9 Å². The lowest BCUT2D eigenvalue weighted by molar-refractivity contribution is -0.153. The third-order valence-corrected chi connectivity index (χ3v) is 4.54. The van der Waals surface area contributed by atoms with Crippen LogP contribution in [0.15, 0.2) is 12.2 Å². The first-order valence-electron chi connectivity index (χ1n) is 9.63. The first kappa shape index (κ1) is 19.9. The minimum atomic E-state index is -0.346. The molecule has 1 atom stereocenters. The zero-order valence-corrected chi connectivity index (χ0v) is 14.9. The molecule has 0 N–H and O–H groups in total. The fraction of sp³-hybridized carbons (Fsp3) is 0.800. The molecule has 0 amide bonds. The van der Waals surface area contributed by atoms with Crippen molar-refractivity contribution in [3.8, 4) is 0 Å². The molecular weight excluding hydrogens is 288 g/mol. The highest BCUT2D eigenvalue weighted by Gasteiger charge is 2.32. The number of esters is 2. The zero-order valence-electron chi connectivity index (χ0n) is 14.9. The third kappa shape index (κ3) is 10.3. The molecule has 1 heterocycles. The number of carbonyl (C=O) groups is 2. The number of carbonyl (C=O) groups excluding carboxylic acids is 2. The van der Waals surface area contributed by atoms with E-state index in [0.29, 0.717) is 6.42 Å². The summed E-state index contributed by atoms with van der Waals surface area (Å²) in [4.78, 5) is 22.3. The van der Waals surface area contributed by atoms with Crippen molar-refractivity contribution in [2.45, 2.75) is 96.8 Å². The molecule has 23 heavy (non-hydrogen) atoms. The van der Waals surface area contributed by atoms with Gasteiger partial charge in [-0.2, -0.15) is 0 Å². The van der Waals surface area contributed by atoms with Gasteiger partial charge in [0, 0.05) is 0 Å². The third-order valence-electron chi connectivity index (χ3n) is 4.54. The summed E-state index contributed by atoms with van der Waals surface area (Å²) in [5.41, 5.74) is 0. The van der Waals surface area contributed by atoms with Crippen LogP contribution in [0.25, 0.3) is 0 Å². The van der Waals surface area contributed by atoms with Crippen LogP contribution < -0.4 is 0 Å². The van der Waals surface area contributed by atoms with Gasteiger partial charge in [-0.05, 0) is 25.7 Å². The minimum absolute atomic E-state index is 0.158. The van der Waals surface area contributed by atoms with E-state index in [-0.39, 0.29) is 17.9 Å².